The molecule has 0 amide bonds. The zero-order valence-corrected chi connectivity index (χ0v) is 7.46. The molecule has 0 aromatic carbocycles. The van der Waals surface area contributed by atoms with Gasteiger partial charge in [-0.3, -0.25) is 0 Å². The molecule has 0 aliphatic heterocycles. The molecule has 0 radical (unpaired) electrons. The van der Waals surface area contributed by atoms with Crippen LogP contribution >= 0.6 is 0 Å². The summed E-state index contributed by atoms with van der Waals surface area (Å²) in [5.74, 6) is 0.535. The summed E-state index contributed by atoms with van der Waals surface area (Å²) in [6, 6.07) is 0. The molecule has 7 heteroatoms. The first-order chi connectivity index (χ1) is 6.90. The fourth-order valence-corrected chi connectivity index (χ4v) is 1.09. The van der Waals surface area contributed by atoms with Crippen molar-refractivity contribution in [1.29, 1.82) is 0 Å². The Morgan fingerprint density at radius 1 is 1.43 bits per heavy atom. The second-order valence-electron chi connectivity index (χ2n) is 2.79. The van der Waals surface area contributed by atoms with Gasteiger partial charge in [0.2, 0.25) is 0 Å². The minimum absolute atomic E-state index is 0.162. The molecule has 0 saturated heterocycles. The average molecular weight is 194 g/mol. The molecule has 7 nitrogen and oxygen atoms in total. The van der Waals surface area contributed by atoms with E-state index in [1.807, 2.05) is 0 Å². The van der Waals surface area contributed by atoms with Gasteiger partial charge in [-0.25, -0.2) is 0 Å². The molecule has 0 aliphatic carbocycles. The lowest BCUT2D eigenvalue weighted by Gasteiger charge is -1.90. The molecular weight excluding hydrogens is 184 g/mol. The second kappa shape index (κ2) is 3.97. The Kier molecular flexibility index (Phi) is 2.50. The molecule has 0 aliphatic rings. The van der Waals surface area contributed by atoms with Crippen molar-refractivity contribution in [3.63, 3.8) is 0 Å². The number of hydrogen-bond donors (Lipinski definition) is 2. The Labute approximate surface area is 79.8 Å². The number of aliphatic hydroxyl groups is 1. The van der Waals surface area contributed by atoms with Crippen LogP contribution in [0.15, 0.2) is 12.5 Å². The van der Waals surface area contributed by atoms with Gasteiger partial charge in [-0.15, -0.1) is 15.3 Å². The number of nitrogens with one attached hydrogen (secondary N) is 1. The number of aromatic amines is 1. The molecule has 2 heterocycles. The van der Waals surface area contributed by atoms with Gasteiger partial charge in [0.15, 0.2) is 0 Å². The number of rotatable bonds is 4. The molecular formula is C7H10N6O. The van der Waals surface area contributed by atoms with Crippen LogP contribution in [0.2, 0.25) is 0 Å². The van der Waals surface area contributed by atoms with Gasteiger partial charge in [0.1, 0.15) is 6.33 Å². The first-order valence-corrected chi connectivity index (χ1v) is 4.28. The second-order valence-corrected chi connectivity index (χ2v) is 2.79. The lowest BCUT2D eigenvalue weighted by Crippen LogP contribution is -1.97. The lowest BCUT2D eigenvalue weighted by atomic mass is 10.3. The Balaban J connectivity index is 2.10. The standard InChI is InChI=1S/C7H10N6O/c14-3-1-2-6-4-13(12-10-6)7-8-5-9-11-7/h4-5,14H,1-3H2,(H,8,9,11). The van der Waals surface area contributed by atoms with Crippen molar-refractivity contribution in [3.05, 3.63) is 18.2 Å². The third kappa shape index (κ3) is 1.77. The quantitative estimate of drug-likeness (QED) is 0.672. The summed E-state index contributed by atoms with van der Waals surface area (Å²) in [6.07, 6.45) is 4.64. The zero-order valence-electron chi connectivity index (χ0n) is 7.46. The van der Waals surface area contributed by atoms with E-state index >= 15 is 0 Å². The maximum atomic E-state index is 8.63. The van der Waals surface area contributed by atoms with Crippen molar-refractivity contribution < 1.29 is 5.11 Å². The maximum Gasteiger partial charge on any atom is 0.250 e. The van der Waals surface area contributed by atoms with E-state index in [1.54, 1.807) is 6.20 Å². The van der Waals surface area contributed by atoms with Crippen LogP contribution in [0, 0.1) is 0 Å². The summed E-state index contributed by atoms with van der Waals surface area (Å²) in [7, 11) is 0. The van der Waals surface area contributed by atoms with Crippen LogP contribution in [0.25, 0.3) is 5.95 Å². The van der Waals surface area contributed by atoms with Crippen LogP contribution in [-0.4, -0.2) is 41.9 Å². The van der Waals surface area contributed by atoms with Gasteiger partial charge in [0.05, 0.1) is 11.9 Å². The van der Waals surface area contributed by atoms with E-state index in [-0.39, 0.29) is 6.61 Å². The highest BCUT2D eigenvalue weighted by atomic mass is 16.2. The van der Waals surface area contributed by atoms with E-state index in [9.17, 15) is 0 Å². The van der Waals surface area contributed by atoms with Gasteiger partial charge in [0.25, 0.3) is 5.95 Å². The predicted molar refractivity (Wildman–Crippen MR) is 46.7 cm³/mol. The Hall–Kier alpha value is -1.76. The number of H-pyrrole nitrogens is 1. The number of nitrogens with zero attached hydrogens (tertiary/aromatic N) is 5. The van der Waals surface area contributed by atoms with E-state index in [1.165, 1.54) is 11.0 Å². The van der Waals surface area contributed by atoms with Crippen molar-refractivity contribution in [2.75, 3.05) is 6.61 Å². The fraction of sp³-hybridized carbons (Fsp3) is 0.429. The topological polar surface area (TPSA) is 92.5 Å². The first-order valence-electron chi connectivity index (χ1n) is 4.28. The Morgan fingerprint density at radius 2 is 2.36 bits per heavy atom. The van der Waals surface area contributed by atoms with Crippen LogP contribution in [0.1, 0.15) is 12.1 Å². The van der Waals surface area contributed by atoms with Gasteiger partial charge in [-0.1, -0.05) is 5.21 Å². The molecule has 0 spiro atoms. The van der Waals surface area contributed by atoms with Crippen LogP contribution in [0.5, 0.6) is 0 Å². The van der Waals surface area contributed by atoms with Crippen LogP contribution in [-0.2, 0) is 6.42 Å². The third-order valence-corrected chi connectivity index (χ3v) is 1.75. The monoisotopic (exact) mass is 194 g/mol. The van der Waals surface area contributed by atoms with Gasteiger partial charge in [0, 0.05) is 6.61 Å². The van der Waals surface area contributed by atoms with Gasteiger partial charge < -0.3 is 10.1 Å². The first kappa shape index (κ1) is 8.82. The predicted octanol–water partition coefficient (Wildman–Crippen LogP) is -0.690. The van der Waals surface area contributed by atoms with E-state index in [0.29, 0.717) is 18.8 Å². The van der Waals surface area contributed by atoms with Crippen molar-refractivity contribution >= 4 is 0 Å². The smallest absolute Gasteiger partial charge is 0.250 e. The maximum absolute atomic E-state index is 8.63. The summed E-state index contributed by atoms with van der Waals surface area (Å²) in [5, 5.41) is 23.8. The molecule has 0 unspecified atom stereocenters. The van der Waals surface area contributed by atoms with E-state index in [2.05, 4.69) is 25.5 Å². The normalized spacial score (nSPS) is 10.6. The largest absolute Gasteiger partial charge is 0.396 e. The molecule has 0 saturated carbocycles. The summed E-state index contributed by atoms with van der Waals surface area (Å²) in [6.45, 7) is 0.162. The summed E-state index contributed by atoms with van der Waals surface area (Å²) in [4.78, 5) is 2.81. The minimum atomic E-state index is 0.162. The number of aromatic nitrogens is 6. The highest BCUT2D eigenvalue weighted by Crippen LogP contribution is 2.00. The number of aliphatic hydroxyl groups excluding tert-OH is 1. The van der Waals surface area contributed by atoms with Crippen molar-refractivity contribution in [1.82, 2.24) is 30.2 Å². The zero-order chi connectivity index (χ0) is 9.80. The molecule has 14 heavy (non-hydrogen) atoms. The summed E-state index contributed by atoms with van der Waals surface area (Å²) >= 11 is 0. The molecule has 74 valence electrons. The minimum Gasteiger partial charge on any atom is -0.396 e. The highest BCUT2D eigenvalue weighted by molar-refractivity contribution is 5.06. The molecule has 0 fully saturated rings. The van der Waals surface area contributed by atoms with Gasteiger partial charge >= 0.3 is 0 Å². The molecule has 2 rings (SSSR count). The molecule has 0 atom stereocenters. The summed E-state index contributed by atoms with van der Waals surface area (Å²) in [5.41, 5.74) is 0.829. The van der Waals surface area contributed by atoms with Gasteiger partial charge in [-0.2, -0.15) is 4.68 Å². The molecule has 2 aromatic rings. The molecule has 0 bridgehead atoms. The SMILES string of the molecule is OCCCc1cn(-c2nnc[nH]2)nn1. The number of aryl methyl sites for hydroxylation is 1. The fourth-order valence-electron chi connectivity index (χ4n) is 1.09. The third-order valence-electron chi connectivity index (χ3n) is 1.75. The van der Waals surface area contributed by atoms with E-state index in [4.69, 9.17) is 5.11 Å². The van der Waals surface area contributed by atoms with E-state index in [0.717, 1.165) is 5.69 Å². The van der Waals surface area contributed by atoms with Crippen molar-refractivity contribution in [3.8, 4) is 5.95 Å². The lowest BCUT2D eigenvalue weighted by molar-refractivity contribution is 0.288. The van der Waals surface area contributed by atoms with Crippen molar-refractivity contribution in [2.24, 2.45) is 0 Å². The average Bonchev–Trinajstić information content (AvgIpc) is 2.85. The molecule has 2 N–H and O–H groups in total. The Bertz CT molecular complexity index is 381. The number of hydrogen-bond acceptors (Lipinski definition) is 5. The van der Waals surface area contributed by atoms with Gasteiger partial charge in [-0.05, 0) is 12.8 Å². The van der Waals surface area contributed by atoms with Crippen LogP contribution in [0.4, 0.5) is 0 Å². The Morgan fingerprint density at radius 3 is 3.07 bits per heavy atom. The highest BCUT2D eigenvalue weighted by Gasteiger charge is 2.03. The molecule has 2 aromatic heterocycles. The van der Waals surface area contributed by atoms with Crippen LogP contribution in [0.3, 0.4) is 0 Å². The summed E-state index contributed by atoms with van der Waals surface area (Å²) < 4.78 is 1.51. The van der Waals surface area contributed by atoms with Crippen LogP contribution < -0.4 is 0 Å². The van der Waals surface area contributed by atoms with E-state index < -0.39 is 0 Å². The van der Waals surface area contributed by atoms with Crippen molar-refractivity contribution in [2.45, 2.75) is 12.8 Å².